The summed E-state index contributed by atoms with van der Waals surface area (Å²) >= 11 is 1.46. The summed E-state index contributed by atoms with van der Waals surface area (Å²) in [5, 5.41) is 0. The Morgan fingerprint density at radius 2 is 1.92 bits per heavy atom. The van der Waals surface area contributed by atoms with Crippen molar-refractivity contribution in [2.24, 2.45) is 0 Å². The predicted octanol–water partition coefficient (Wildman–Crippen LogP) is 4.38. The molecule has 0 aromatic heterocycles. The molecule has 1 saturated heterocycles. The molecule has 0 bridgehead atoms. The molecular formula is C20H20FNO3S. The number of ether oxygens (including phenoxy) is 1. The summed E-state index contributed by atoms with van der Waals surface area (Å²) in [4.78, 5) is 25.8. The quantitative estimate of drug-likeness (QED) is 0.754. The van der Waals surface area contributed by atoms with Crippen LogP contribution in [0.2, 0.25) is 0 Å². The second-order valence-corrected chi connectivity index (χ2v) is 7.27. The van der Waals surface area contributed by atoms with Crippen molar-refractivity contribution in [1.29, 1.82) is 0 Å². The van der Waals surface area contributed by atoms with Gasteiger partial charge in [0.1, 0.15) is 18.5 Å². The number of nitrogens with zero attached hydrogens (tertiary/aromatic N) is 1. The van der Waals surface area contributed by atoms with E-state index in [1.54, 1.807) is 12.1 Å². The van der Waals surface area contributed by atoms with Crippen molar-refractivity contribution in [2.45, 2.75) is 18.9 Å². The summed E-state index contributed by atoms with van der Waals surface area (Å²) in [6.45, 7) is 2.22. The van der Waals surface area contributed by atoms with Crippen molar-refractivity contribution in [2.75, 3.05) is 18.1 Å². The zero-order valence-electron chi connectivity index (χ0n) is 14.4. The number of hydrogen-bond acceptors (Lipinski definition) is 4. The molecule has 0 radical (unpaired) electrons. The third-order valence-electron chi connectivity index (χ3n) is 4.36. The lowest BCUT2D eigenvalue weighted by Crippen LogP contribution is -2.35. The van der Waals surface area contributed by atoms with Gasteiger partial charge in [0.15, 0.2) is 0 Å². The molecule has 2 aromatic carbocycles. The minimum absolute atomic E-state index is 0.184. The SMILES string of the molecule is C[C@@H](CSCC(=O)N1C(=O)OC[C@@H]1c1ccccc1)c1ccc(F)cc1. The van der Waals surface area contributed by atoms with Gasteiger partial charge in [-0.3, -0.25) is 4.79 Å². The largest absolute Gasteiger partial charge is 0.446 e. The van der Waals surface area contributed by atoms with E-state index in [9.17, 15) is 14.0 Å². The summed E-state index contributed by atoms with van der Waals surface area (Å²) in [6.07, 6.45) is -0.587. The molecule has 3 rings (SSSR count). The number of imide groups is 1. The maximum atomic E-state index is 13.0. The molecule has 2 amide bonds. The van der Waals surface area contributed by atoms with Gasteiger partial charge in [-0.25, -0.2) is 14.1 Å². The highest BCUT2D eigenvalue weighted by atomic mass is 32.2. The molecule has 0 aliphatic carbocycles. The molecule has 0 saturated carbocycles. The standard InChI is InChI=1S/C20H20FNO3S/c1-14(15-7-9-17(21)10-8-15)12-26-13-19(23)22-18(11-25-20(22)24)16-5-3-2-4-6-16/h2-10,14,18H,11-13H2,1H3/t14-,18+/m0/s1. The number of benzene rings is 2. The first-order valence-electron chi connectivity index (χ1n) is 8.43. The lowest BCUT2D eigenvalue weighted by molar-refractivity contribution is -0.126. The van der Waals surface area contributed by atoms with Gasteiger partial charge in [-0.15, -0.1) is 0 Å². The van der Waals surface area contributed by atoms with Gasteiger partial charge in [-0.2, -0.15) is 11.8 Å². The molecule has 2 atom stereocenters. The smallest absolute Gasteiger partial charge is 0.417 e. The monoisotopic (exact) mass is 373 g/mol. The number of halogens is 1. The fourth-order valence-corrected chi connectivity index (χ4v) is 3.88. The summed E-state index contributed by atoms with van der Waals surface area (Å²) in [5.74, 6) is 0.574. The van der Waals surface area contributed by atoms with Gasteiger partial charge in [0.05, 0.1) is 5.75 Å². The minimum atomic E-state index is -0.587. The Hall–Kier alpha value is -2.34. The number of thioether (sulfide) groups is 1. The molecule has 1 aliphatic rings. The van der Waals surface area contributed by atoms with Gasteiger partial charge in [-0.05, 0) is 29.2 Å². The highest BCUT2D eigenvalue weighted by Gasteiger charge is 2.38. The first kappa shape index (κ1) is 18.5. The van der Waals surface area contributed by atoms with E-state index >= 15 is 0 Å². The van der Waals surface area contributed by atoms with Crippen LogP contribution in [0.25, 0.3) is 0 Å². The number of amides is 2. The van der Waals surface area contributed by atoms with Gasteiger partial charge < -0.3 is 4.74 Å². The maximum absolute atomic E-state index is 13.0. The minimum Gasteiger partial charge on any atom is -0.446 e. The fraction of sp³-hybridized carbons (Fsp3) is 0.300. The van der Waals surface area contributed by atoms with Gasteiger partial charge in [-0.1, -0.05) is 49.4 Å². The van der Waals surface area contributed by atoms with Gasteiger partial charge in [0.2, 0.25) is 5.91 Å². The first-order valence-corrected chi connectivity index (χ1v) is 9.58. The number of carbonyl (C=O) groups is 2. The van der Waals surface area contributed by atoms with E-state index in [0.717, 1.165) is 11.1 Å². The van der Waals surface area contributed by atoms with Crippen molar-refractivity contribution in [3.63, 3.8) is 0 Å². The summed E-state index contributed by atoms with van der Waals surface area (Å²) < 4.78 is 18.1. The number of hydrogen-bond donors (Lipinski definition) is 0. The van der Waals surface area contributed by atoms with Crippen LogP contribution in [0.3, 0.4) is 0 Å². The van der Waals surface area contributed by atoms with Crippen LogP contribution >= 0.6 is 11.8 Å². The van der Waals surface area contributed by atoms with E-state index in [1.165, 1.54) is 28.8 Å². The Morgan fingerprint density at radius 3 is 2.62 bits per heavy atom. The number of rotatable bonds is 6. The van der Waals surface area contributed by atoms with E-state index in [4.69, 9.17) is 4.74 Å². The Bertz CT molecular complexity index is 766. The highest BCUT2D eigenvalue weighted by molar-refractivity contribution is 7.99. The molecule has 1 fully saturated rings. The zero-order chi connectivity index (χ0) is 18.5. The zero-order valence-corrected chi connectivity index (χ0v) is 15.2. The number of carbonyl (C=O) groups excluding carboxylic acids is 2. The van der Waals surface area contributed by atoms with Crippen LogP contribution in [0, 0.1) is 5.82 Å². The molecule has 2 aromatic rings. The Balaban J connectivity index is 1.56. The molecule has 4 nitrogen and oxygen atoms in total. The van der Waals surface area contributed by atoms with E-state index in [2.05, 4.69) is 0 Å². The molecule has 6 heteroatoms. The third-order valence-corrected chi connectivity index (χ3v) is 5.55. The van der Waals surface area contributed by atoms with Crippen LogP contribution in [0.1, 0.15) is 30.0 Å². The normalized spacial score (nSPS) is 17.8. The fourth-order valence-electron chi connectivity index (χ4n) is 2.90. The Morgan fingerprint density at radius 1 is 1.23 bits per heavy atom. The summed E-state index contributed by atoms with van der Waals surface area (Å²) in [6, 6.07) is 15.4. The van der Waals surface area contributed by atoms with Crippen molar-refractivity contribution >= 4 is 23.8 Å². The Kier molecular flexibility index (Phi) is 5.93. The molecule has 0 spiro atoms. The van der Waals surface area contributed by atoms with E-state index < -0.39 is 6.09 Å². The summed E-state index contributed by atoms with van der Waals surface area (Å²) in [5.41, 5.74) is 1.91. The van der Waals surface area contributed by atoms with Crippen LogP contribution in [0.4, 0.5) is 9.18 Å². The molecule has 0 N–H and O–H groups in total. The molecule has 0 unspecified atom stereocenters. The molecule has 136 valence electrons. The van der Waals surface area contributed by atoms with Crippen LogP contribution in [-0.2, 0) is 9.53 Å². The van der Waals surface area contributed by atoms with E-state index in [0.29, 0.717) is 5.75 Å². The average molecular weight is 373 g/mol. The van der Waals surface area contributed by atoms with Crippen LogP contribution in [0.5, 0.6) is 0 Å². The van der Waals surface area contributed by atoms with Gasteiger partial charge >= 0.3 is 6.09 Å². The van der Waals surface area contributed by atoms with Crippen molar-refractivity contribution in [1.82, 2.24) is 4.90 Å². The molecule has 1 heterocycles. The summed E-state index contributed by atoms with van der Waals surface area (Å²) in [7, 11) is 0. The van der Waals surface area contributed by atoms with Crippen molar-refractivity contribution in [3.05, 3.63) is 71.5 Å². The van der Waals surface area contributed by atoms with Crippen LogP contribution < -0.4 is 0 Å². The second kappa shape index (κ2) is 8.36. The lowest BCUT2D eigenvalue weighted by Gasteiger charge is -2.20. The first-order chi connectivity index (χ1) is 12.6. The Labute approximate surface area is 156 Å². The second-order valence-electron chi connectivity index (χ2n) is 6.23. The maximum Gasteiger partial charge on any atom is 0.417 e. The van der Waals surface area contributed by atoms with Crippen LogP contribution in [-0.4, -0.2) is 35.0 Å². The van der Waals surface area contributed by atoms with Crippen molar-refractivity contribution < 1.29 is 18.7 Å². The number of cyclic esters (lactones) is 1. The topological polar surface area (TPSA) is 46.6 Å². The predicted molar refractivity (Wildman–Crippen MR) is 99.5 cm³/mol. The van der Waals surface area contributed by atoms with E-state index in [-0.39, 0.29) is 36.0 Å². The van der Waals surface area contributed by atoms with Crippen molar-refractivity contribution in [3.8, 4) is 0 Å². The van der Waals surface area contributed by atoms with Gasteiger partial charge in [0.25, 0.3) is 0 Å². The molecule has 26 heavy (non-hydrogen) atoms. The van der Waals surface area contributed by atoms with Crippen LogP contribution in [0.15, 0.2) is 54.6 Å². The molecular weight excluding hydrogens is 353 g/mol. The van der Waals surface area contributed by atoms with E-state index in [1.807, 2.05) is 37.3 Å². The average Bonchev–Trinajstić information content (AvgIpc) is 3.04. The molecule has 1 aliphatic heterocycles. The third kappa shape index (κ3) is 4.25. The lowest BCUT2D eigenvalue weighted by atomic mass is 10.0. The van der Waals surface area contributed by atoms with Gasteiger partial charge in [0, 0.05) is 5.75 Å². The highest BCUT2D eigenvalue weighted by Crippen LogP contribution is 2.29.